The molecule has 0 unspecified atom stereocenters. The van der Waals surface area contributed by atoms with Crippen LogP contribution in [-0.4, -0.2) is 50.6 Å². The van der Waals surface area contributed by atoms with Gasteiger partial charge in [0, 0.05) is 19.3 Å². The lowest BCUT2D eigenvalue weighted by Gasteiger charge is -2.18. The Labute approximate surface area is 107 Å². The summed E-state index contributed by atoms with van der Waals surface area (Å²) in [6, 6.07) is -0.500. The molecule has 7 nitrogen and oxygen atoms in total. The molecule has 0 heterocycles. The van der Waals surface area contributed by atoms with Gasteiger partial charge in [0.15, 0.2) is 0 Å². The van der Waals surface area contributed by atoms with E-state index in [1.165, 1.54) is 0 Å². The van der Waals surface area contributed by atoms with Crippen LogP contribution in [0.1, 0.15) is 20.3 Å². The van der Waals surface area contributed by atoms with Crippen molar-refractivity contribution in [3.8, 4) is 0 Å². The highest BCUT2D eigenvalue weighted by Gasteiger charge is 2.26. The molecule has 0 aromatic heterocycles. The first-order valence-electron chi connectivity index (χ1n) is 5.47. The lowest BCUT2D eigenvalue weighted by molar-refractivity contribution is -0.147. The fourth-order valence-electron chi connectivity index (χ4n) is 1.01. The van der Waals surface area contributed by atoms with Crippen LogP contribution in [0.15, 0.2) is 0 Å². The van der Waals surface area contributed by atoms with Gasteiger partial charge in [-0.25, -0.2) is 13.2 Å². The summed E-state index contributed by atoms with van der Waals surface area (Å²) in [4.78, 5) is 22.0. The Bertz CT molecular complexity index is 402. The van der Waals surface area contributed by atoms with Gasteiger partial charge in [0.25, 0.3) is 0 Å². The van der Waals surface area contributed by atoms with Crippen LogP contribution in [0.4, 0.5) is 4.79 Å². The maximum absolute atomic E-state index is 11.2. The Balaban J connectivity index is 3.82. The number of nitrogens with one attached hydrogen (secondary N) is 2. The molecule has 8 heteroatoms. The molecule has 106 valence electrons. The normalized spacial score (nSPS) is 11.9. The van der Waals surface area contributed by atoms with Crippen LogP contribution in [0.2, 0.25) is 0 Å². The van der Waals surface area contributed by atoms with Crippen molar-refractivity contribution in [3.63, 3.8) is 0 Å². The van der Waals surface area contributed by atoms with Crippen LogP contribution >= 0.6 is 0 Å². The van der Waals surface area contributed by atoms with Crippen molar-refractivity contribution in [2.45, 2.75) is 20.3 Å². The van der Waals surface area contributed by atoms with Gasteiger partial charge < -0.3 is 15.7 Å². The van der Waals surface area contributed by atoms with E-state index in [9.17, 15) is 18.0 Å². The molecule has 18 heavy (non-hydrogen) atoms. The number of rotatable bonds is 7. The van der Waals surface area contributed by atoms with E-state index in [0.29, 0.717) is 6.42 Å². The number of amides is 2. The maximum atomic E-state index is 11.2. The number of carboxylic acid groups (broad SMARTS) is 1. The predicted octanol–water partition coefficient (Wildman–Crippen LogP) is -0.169. The average Bonchev–Trinajstić information content (AvgIpc) is 2.14. The molecule has 0 aromatic rings. The van der Waals surface area contributed by atoms with Crippen molar-refractivity contribution >= 4 is 21.8 Å². The number of carbonyl (C=O) groups is 2. The quantitative estimate of drug-likeness (QED) is 0.599. The zero-order valence-corrected chi connectivity index (χ0v) is 11.6. The Morgan fingerprint density at radius 3 is 2.11 bits per heavy atom. The minimum Gasteiger partial charge on any atom is -0.481 e. The van der Waals surface area contributed by atoms with Gasteiger partial charge >= 0.3 is 12.0 Å². The van der Waals surface area contributed by atoms with E-state index in [1.807, 2.05) is 0 Å². The van der Waals surface area contributed by atoms with E-state index in [4.69, 9.17) is 5.11 Å². The molecule has 0 spiro atoms. The van der Waals surface area contributed by atoms with E-state index in [0.717, 1.165) is 6.26 Å². The Hall–Kier alpha value is -1.31. The van der Waals surface area contributed by atoms with Crippen LogP contribution in [0.25, 0.3) is 0 Å². The fraction of sp³-hybridized carbons (Fsp3) is 0.800. The summed E-state index contributed by atoms with van der Waals surface area (Å²) in [5.41, 5.74) is -0.903. The highest BCUT2D eigenvalue weighted by Crippen LogP contribution is 2.19. The third-order valence-electron chi connectivity index (χ3n) is 2.37. The van der Waals surface area contributed by atoms with Gasteiger partial charge in [-0.05, 0) is 20.3 Å². The first-order chi connectivity index (χ1) is 8.04. The molecule has 0 aliphatic carbocycles. The lowest BCUT2D eigenvalue weighted by atomic mass is 9.90. The average molecular weight is 280 g/mol. The zero-order chi connectivity index (χ0) is 14.4. The third-order valence-corrected chi connectivity index (χ3v) is 3.32. The van der Waals surface area contributed by atoms with Crippen molar-refractivity contribution in [1.29, 1.82) is 0 Å². The number of sulfone groups is 1. The van der Waals surface area contributed by atoms with Gasteiger partial charge in [0.05, 0.1) is 11.2 Å². The number of aliphatic carboxylic acids is 1. The number of hydrogen-bond donors (Lipinski definition) is 3. The largest absolute Gasteiger partial charge is 0.481 e. The molecule has 0 aromatic carbocycles. The standard InChI is InChI=1S/C10H20N2O5S/c1-10(2,8(13)14)4-5-11-9(15)12-6-7-18(3,16)17/h4-7H2,1-3H3,(H,13,14)(H2,11,12,15). The van der Waals surface area contributed by atoms with E-state index in [-0.39, 0.29) is 18.8 Å². The van der Waals surface area contributed by atoms with Crippen LogP contribution in [0.3, 0.4) is 0 Å². The highest BCUT2D eigenvalue weighted by atomic mass is 32.2. The van der Waals surface area contributed by atoms with Gasteiger partial charge in [-0.15, -0.1) is 0 Å². The molecule has 0 saturated heterocycles. The third kappa shape index (κ3) is 7.88. The van der Waals surface area contributed by atoms with Gasteiger partial charge in [0.1, 0.15) is 9.84 Å². The summed E-state index contributed by atoms with van der Waals surface area (Å²) >= 11 is 0. The summed E-state index contributed by atoms with van der Waals surface area (Å²) < 4.78 is 21.6. The van der Waals surface area contributed by atoms with Crippen LogP contribution in [0.5, 0.6) is 0 Å². The van der Waals surface area contributed by atoms with Crippen LogP contribution in [0, 0.1) is 5.41 Å². The van der Waals surface area contributed by atoms with Crippen LogP contribution < -0.4 is 10.6 Å². The monoisotopic (exact) mass is 280 g/mol. The molecule has 0 aliphatic rings. The van der Waals surface area contributed by atoms with Gasteiger partial charge in [0.2, 0.25) is 0 Å². The van der Waals surface area contributed by atoms with E-state index < -0.39 is 27.3 Å². The number of urea groups is 1. The van der Waals surface area contributed by atoms with Crippen molar-refractivity contribution in [2.75, 3.05) is 25.1 Å². The van der Waals surface area contributed by atoms with Crippen molar-refractivity contribution in [1.82, 2.24) is 10.6 Å². The van der Waals surface area contributed by atoms with E-state index >= 15 is 0 Å². The second kappa shape index (κ2) is 6.58. The summed E-state index contributed by atoms with van der Waals surface area (Å²) in [6.07, 6.45) is 1.38. The molecule has 0 saturated carbocycles. The SMILES string of the molecule is CC(C)(CCNC(=O)NCCS(C)(=O)=O)C(=O)O. The second-order valence-corrected chi connectivity index (χ2v) is 7.01. The highest BCUT2D eigenvalue weighted by molar-refractivity contribution is 7.90. The molecule has 3 N–H and O–H groups in total. The molecular weight excluding hydrogens is 260 g/mol. The van der Waals surface area contributed by atoms with Crippen molar-refractivity contribution in [2.24, 2.45) is 5.41 Å². The molecule has 0 fully saturated rings. The minimum absolute atomic E-state index is 0.0347. The summed E-state index contributed by atoms with van der Waals surface area (Å²) in [7, 11) is -3.09. The second-order valence-electron chi connectivity index (χ2n) is 4.75. The molecule has 0 rings (SSSR count). The fourth-order valence-corrected chi connectivity index (χ4v) is 1.48. The van der Waals surface area contributed by atoms with Gasteiger partial charge in [-0.2, -0.15) is 0 Å². The first-order valence-corrected chi connectivity index (χ1v) is 7.53. The maximum Gasteiger partial charge on any atom is 0.314 e. The number of hydrogen-bond acceptors (Lipinski definition) is 4. The first kappa shape index (κ1) is 16.7. The molecular formula is C10H20N2O5S. The Kier molecular flexibility index (Phi) is 6.10. The molecule has 0 radical (unpaired) electrons. The molecule has 2 amide bonds. The van der Waals surface area contributed by atoms with Gasteiger partial charge in [-0.3, -0.25) is 4.79 Å². The number of carbonyl (C=O) groups excluding carboxylic acids is 1. The van der Waals surface area contributed by atoms with Crippen molar-refractivity contribution < 1.29 is 23.1 Å². The topological polar surface area (TPSA) is 113 Å². The molecule has 0 atom stereocenters. The van der Waals surface area contributed by atoms with Crippen molar-refractivity contribution in [3.05, 3.63) is 0 Å². The van der Waals surface area contributed by atoms with Crippen LogP contribution in [-0.2, 0) is 14.6 Å². The predicted molar refractivity (Wildman–Crippen MR) is 67.1 cm³/mol. The zero-order valence-electron chi connectivity index (χ0n) is 10.8. The minimum atomic E-state index is -3.09. The summed E-state index contributed by atoms with van der Waals surface area (Å²) in [6.45, 7) is 3.38. The smallest absolute Gasteiger partial charge is 0.314 e. The molecule has 0 aliphatic heterocycles. The Morgan fingerprint density at radius 2 is 1.67 bits per heavy atom. The van der Waals surface area contributed by atoms with E-state index in [1.54, 1.807) is 13.8 Å². The summed E-state index contributed by atoms with van der Waals surface area (Å²) in [5.74, 6) is -1.05. The molecule has 0 bridgehead atoms. The van der Waals surface area contributed by atoms with E-state index in [2.05, 4.69) is 10.6 Å². The Morgan fingerprint density at radius 1 is 1.17 bits per heavy atom. The summed E-state index contributed by atoms with van der Waals surface area (Å²) in [5, 5.41) is 13.7. The number of carboxylic acids is 1. The lowest BCUT2D eigenvalue weighted by Crippen LogP contribution is -2.40. The van der Waals surface area contributed by atoms with Gasteiger partial charge in [-0.1, -0.05) is 0 Å².